The highest BCUT2D eigenvalue weighted by Crippen LogP contribution is 2.35. The van der Waals surface area contributed by atoms with E-state index < -0.39 is 27.9 Å². The first-order valence-electron chi connectivity index (χ1n) is 12.7. The molecule has 0 aliphatic carbocycles. The van der Waals surface area contributed by atoms with E-state index in [-0.39, 0.29) is 16.6 Å². The van der Waals surface area contributed by atoms with E-state index in [1.807, 2.05) is 13.8 Å². The van der Waals surface area contributed by atoms with Gasteiger partial charge in [0.2, 0.25) is 0 Å². The highest BCUT2D eigenvalue weighted by atomic mass is 32.2. The van der Waals surface area contributed by atoms with Crippen molar-refractivity contribution >= 4 is 38.4 Å². The Labute approximate surface area is 237 Å². The Morgan fingerprint density at radius 2 is 1.80 bits per heavy atom. The molecule has 1 atom stereocenters. The molecule has 4 N–H and O–H groups in total. The van der Waals surface area contributed by atoms with Gasteiger partial charge in [0.05, 0.1) is 28.9 Å². The fourth-order valence-electron chi connectivity index (χ4n) is 4.18. The third kappa shape index (κ3) is 6.73. The Kier molecular flexibility index (Phi) is 8.74. The monoisotopic (exact) mass is 578 g/mol. The molecule has 4 aromatic rings. The lowest BCUT2D eigenvalue weighted by molar-refractivity contribution is -0.120. The number of pyridine rings is 1. The van der Waals surface area contributed by atoms with Crippen LogP contribution in [0.4, 0.5) is 5.69 Å². The Morgan fingerprint density at radius 1 is 1.02 bits per heavy atom. The summed E-state index contributed by atoms with van der Waals surface area (Å²) in [6, 6.07) is 15.2. The minimum absolute atomic E-state index is 0.149. The molecular formula is C29H30N4O7S. The fraction of sp³-hybridized carbons (Fsp3) is 0.207. The van der Waals surface area contributed by atoms with Crippen LogP contribution in [0.5, 0.6) is 11.5 Å². The topological polar surface area (TPSA) is 161 Å². The number of hydrogen-bond acceptors (Lipinski definition) is 9. The molecule has 0 saturated carbocycles. The number of nitrogens with two attached hydrogens (primary N) is 1. The summed E-state index contributed by atoms with van der Waals surface area (Å²) in [5.41, 5.74) is 0.508. The molecule has 4 rings (SSSR count). The van der Waals surface area contributed by atoms with E-state index in [2.05, 4.69) is 9.71 Å². The molecule has 214 valence electrons. The van der Waals surface area contributed by atoms with E-state index in [9.17, 15) is 23.1 Å². The molecule has 3 aromatic carbocycles. The highest BCUT2D eigenvalue weighted by Gasteiger charge is 2.32. The maximum absolute atomic E-state index is 13.8. The van der Waals surface area contributed by atoms with Crippen LogP contribution in [0.25, 0.3) is 10.8 Å². The Hall–Kier alpha value is -4.68. The smallest absolute Gasteiger partial charge is 0.335 e. The zero-order valence-electron chi connectivity index (χ0n) is 22.6. The van der Waals surface area contributed by atoms with Gasteiger partial charge in [0.25, 0.3) is 15.9 Å². The Morgan fingerprint density at radius 3 is 2.51 bits per heavy atom. The maximum Gasteiger partial charge on any atom is 0.335 e. The minimum Gasteiger partial charge on any atom is -0.490 e. The number of carboxylic acid groups (broad SMARTS) is 1. The molecule has 11 nitrogen and oxygen atoms in total. The fourth-order valence-corrected chi connectivity index (χ4v) is 5.21. The number of hydrogen-bond donors (Lipinski definition) is 3. The number of sulfonamides is 1. The number of amides is 1. The van der Waals surface area contributed by atoms with Gasteiger partial charge in [-0.25, -0.2) is 23.8 Å². The number of benzene rings is 3. The molecular weight excluding hydrogens is 548 g/mol. The van der Waals surface area contributed by atoms with Crippen molar-refractivity contribution < 1.29 is 32.6 Å². The van der Waals surface area contributed by atoms with Crippen molar-refractivity contribution in [3.63, 3.8) is 0 Å². The number of aromatic carboxylic acids is 1. The first-order chi connectivity index (χ1) is 19.5. The van der Waals surface area contributed by atoms with Gasteiger partial charge in [0.15, 0.2) is 11.5 Å². The van der Waals surface area contributed by atoms with E-state index in [0.717, 1.165) is 21.8 Å². The molecule has 0 bridgehead atoms. The third-order valence-electron chi connectivity index (χ3n) is 6.02. The van der Waals surface area contributed by atoms with Gasteiger partial charge < -0.3 is 14.6 Å². The van der Waals surface area contributed by atoms with Crippen LogP contribution in [0.3, 0.4) is 0 Å². The van der Waals surface area contributed by atoms with Crippen LogP contribution < -0.4 is 25.0 Å². The van der Waals surface area contributed by atoms with Crippen molar-refractivity contribution in [2.45, 2.75) is 37.8 Å². The second-order valence-electron chi connectivity index (χ2n) is 9.33. The Bertz CT molecular complexity index is 1690. The number of aromatic nitrogens is 1. The summed E-state index contributed by atoms with van der Waals surface area (Å²) in [4.78, 5) is 28.8. The van der Waals surface area contributed by atoms with Crippen LogP contribution in [0.1, 0.15) is 42.7 Å². The summed E-state index contributed by atoms with van der Waals surface area (Å²) in [6.45, 7) is 5.84. The molecule has 1 aromatic heterocycles. The van der Waals surface area contributed by atoms with Gasteiger partial charge in [0, 0.05) is 17.8 Å². The number of nitrogens with one attached hydrogen (secondary N) is 1. The molecule has 1 heterocycles. The lowest BCUT2D eigenvalue weighted by Gasteiger charge is -2.29. The standard InChI is InChI=1S/C29H30N4O7S/c1-4-39-26-16-20(9-11-25(26)40-18(2)3)27(33(30)23-10-8-22-17-31-13-12-19(22)14-23)28(34)32-41(37,38)24-7-5-6-21(15-24)29(35)36/h5-18,27H,4,30H2,1-3H3,(H,32,34)(H,35,36). The van der Waals surface area contributed by atoms with E-state index in [4.69, 9.17) is 15.3 Å². The van der Waals surface area contributed by atoms with E-state index in [0.29, 0.717) is 29.4 Å². The molecule has 0 aliphatic rings. The van der Waals surface area contributed by atoms with Crippen LogP contribution >= 0.6 is 0 Å². The SMILES string of the molecule is CCOc1cc(C(C(=O)NS(=O)(=O)c2cccc(C(=O)O)c2)N(N)c2ccc3cnccc3c2)ccc1OC(C)C. The number of carboxylic acids is 1. The van der Waals surface area contributed by atoms with Gasteiger partial charge in [-0.05, 0) is 80.3 Å². The van der Waals surface area contributed by atoms with Crippen LogP contribution in [0.15, 0.2) is 84.0 Å². The average Bonchev–Trinajstić information content (AvgIpc) is 2.94. The second-order valence-corrected chi connectivity index (χ2v) is 11.0. The summed E-state index contributed by atoms with van der Waals surface area (Å²) < 4.78 is 40.0. The number of anilines is 1. The third-order valence-corrected chi connectivity index (χ3v) is 7.37. The van der Waals surface area contributed by atoms with Crippen molar-refractivity contribution in [1.29, 1.82) is 0 Å². The van der Waals surface area contributed by atoms with Gasteiger partial charge in [0.1, 0.15) is 6.04 Å². The largest absolute Gasteiger partial charge is 0.490 e. The zero-order valence-corrected chi connectivity index (χ0v) is 23.5. The van der Waals surface area contributed by atoms with Crippen LogP contribution in [-0.2, 0) is 14.8 Å². The lowest BCUT2D eigenvalue weighted by atomic mass is 10.0. The maximum atomic E-state index is 13.8. The number of carbonyl (C=O) groups excluding carboxylic acids is 1. The number of rotatable bonds is 11. The van der Waals surface area contributed by atoms with E-state index in [1.54, 1.807) is 61.8 Å². The molecule has 41 heavy (non-hydrogen) atoms. The molecule has 1 amide bonds. The van der Waals surface area contributed by atoms with Crippen LogP contribution in [-0.4, -0.2) is 43.1 Å². The highest BCUT2D eigenvalue weighted by molar-refractivity contribution is 7.90. The van der Waals surface area contributed by atoms with Crippen molar-refractivity contribution in [2.75, 3.05) is 11.6 Å². The molecule has 0 saturated heterocycles. The van der Waals surface area contributed by atoms with Gasteiger partial charge in [-0.3, -0.25) is 14.8 Å². The van der Waals surface area contributed by atoms with Crippen LogP contribution in [0, 0.1) is 0 Å². The summed E-state index contributed by atoms with van der Waals surface area (Å²) in [7, 11) is -4.47. The lowest BCUT2D eigenvalue weighted by Crippen LogP contribution is -2.46. The van der Waals surface area contributed by atoms with Crippen molar-refractivity contribution in [2.24, 2.45) is 5.84 Å². The number of hydrazine groups is 1. The summed E-state index contributed by atoms with van der Waals surface area (Å²) in [5.74, 6) is 5.06. The minimum atomic E-state index is -4.47. The molecule has 12 heteroatoms. The van der Waals surface area contributed by atoms with Gasteiger partial charge in [-0.15, -0.1) is 0 Å². The van der Waals surface area contributed by atoms with Gasteiger partial charge >= 0.3 is 5.97 Å². The summed E-state index contributed by atoms with van der Waals surface area (Å²) >= 11 is 0. The summed E-state index contributed by atoms with van der Waals surface area (Å²) in [6.07, 6.45) is 3.16. The molecule has 0 radical (unpaired) electrons. The van der Waals surface area contributed by atoms with Crippen molar-refractivity contribution in [3.8, 4) is 11.5 Å². The normalized spacial score (nSPS) is 12.1. The first-order valence-corrected chi connectivity index (χ1v) is 14.2. The van der Waals surface area contributed by atoms with Gasteiger partial charge in [-0.1, -0.05) is 18.2 Å². The van der Waals surface area contributed by atoms with E-state index in [1.165, 1.54) is 18.2 Å². The predicted octanol–water partition coefficient (Wildman–Crippen LogP) is 4.05. The quantitative estimate of drug-likeness (QED) is 0.175. The van der Waals surface area contributed by atoms with Crippen molar-refractivity contribution in [1.82, 2.24) is 9.71 Å². The number of ether oxygens (including phenoxy) is 2. The molecule has 0 spiro atoms. The van der Waals surface area contributed by atoms with Crippen molar-refractivity contribution in [3.05, 3.63) is 90.3 Å². The average molecular weight is 579 g/mol. The van der Waals surface area contributed by atoms with Crippen LogP contribution in [0.2, 0.25) is 0 Å². The van der Waals surface area contributed by atoms with E-state index >= 15 is 0 Å². The predicted molar refractivity (Wildman–Crippen MR) is 153 cm³/mol. The van der Waals surface area contributed by atoms with Gasteiger partial charge in [-0.2, -0.15) is 0 Å². The number of fused-ring (bicyclic) bond motifs is 1. The number of carbonyl (C=O) groups is 2. The Balaban J connectivity index is 1.78. The first kappa shape index (κ1) is 29.3. The molecule has 1 unspecified atom stereocenters. The summed E-state index contributed by atoms with van der Waals surface area (Å²) in [5, 5.41) is 12.1. The zero-order chi connectivity index (χ0) is 29.7. The second kappa shape index (κ2) is 12.2. The molecule has 0 aliphatic heterocycles. The molecule has 0 fully saturated rings. The number of nitrogens with zero attached hydrogens (tertiary/aromatic N) is 2.